The van der Waals surface area contributed by atoms with E-state index in [-0.39, 0.29) is 30.2 Å². The van der Waals surface area contributed by atoms with E-state index in [4.69, 9.17) is 56.8 Å². The Labute approximate surface area is 382 Å². The highest BCUT2D eigenvalue weighted by Crippen LogP contribution is 2.28. The largest absolute Gasteiger partial charge is 0.379 e. The van der Waals surface area contributed by atoms with Crippen molar-refractivity contribution in [1.82, 2.24) is 0 Å². The number of nitro groups is 2. The van der Waals surface area contributed by atoms with Crippen LogP contribution in [0.25, 0.3) is 0 Å². The Hall–Kier alpha value is -2.66. The molecule has 0 spiro atoms. The van der Waals surface area contributed by atoms with Crippen LogP contribution in [0.1, 0.15) is 90.4 Å². The first-order valence-corrected chi connectivity index (χ1v) is 23.7. The number of hydrogen-bond acceptors (Lipinski definition) is 17. The number of benzene rings is 1. The van der Waals surface area contributed by atoms with Gasteiger partial charge < -0.3 is 62.2 Å². The second-order valence-corrected chi connectivity index (χ2v) is 14.7. The van der Waals surface area contributed by atoms with Crippen molar-refractivity contribution in [3.8, 4) is 0 Å². The molecule has 1 aromatic carbocycles. The van der Waals surface area contributed by atoms with Crippen LogP contribution in [0, 0.1) is 20.2 Å². The van der Waals surface area contributed by atoms with Crippen LogP contribution in [0.3, 0.4) is 0 Å². The lowest BCUT2D eigenvalue weighted by Crippen LogP contribution is -2.16. The number of rotatable bonds is 53. The normalized spacial score (nSPS) is 11.5. The predicted octanol–water partition coefficient (Wildman–Crippen LogP) is 7.21. The van der Waals surface area contributed by atoms with Crippen molar-refractivity contribution < 1.29 is 66.7 Å². The SMILES string of the molecule is CCCCCCCCCCCCCCCOCCOCCOCCOCCOCCOCCOCCOCCOCCOCCOCCOCCNc1ccc([N+](=O)[O-])cc1[N+](=O)[O-]. The zero-order valence-electron chi connectivity index (χ0n) is 39.0. The van der Waals surface area contributed by atoms with Crippen molar-refractivity contribution in [3.05, 3.63) is 38.4 Å². The van der Waals surface area contributed by atoms with E-state index in [2.05, 4.69) is 12.2 Å². The molecule has 0 saturated carbocycles. The Bertz CT molecular complexity index is 1180. The highest BCUT2D eigenvalue weighted by Gasteiger charge is 2.19. The molecule has 19 heteroatoms. The molecule has 1 N–H and O–H groups in total. The van der Waals surface area contributed by atoms with Gasteiger partial charge in [0.15, 0.2) is 0 Å². The molecule has 0 saturated heterocycles. The summed E-state index contributed by atoms with van der Waals surface area (Å²) in [5.74, 6) is 0. The minimum absolute atomic E-state index is 0.186. The molecular weight excluding hydrogens is 838 g/mol. The Morgan fingerprint density at radius 3 is 0.953 bits per heavy atom. The minimum Gasteiger partial charge on any atom is -0.379 e. The number of nitro benzene ring substituents is 2. The third-order valence-electron chi connectivity index (χ3n) is 9.44. The zero-order valence-corrected chi connectivity index (χ0v) is 39.0. The van der Waals surface area contributed by atoms with Crippen molar-refractivity contribution in [2.75, 3.05) is 170 Å². The second kappa shape index (κ2) is 48.3. The molecule has 0 fully saturated rings. The van der Waals surface area contributed by atoms with Crippen LogP contribution < -0.4 is 5.32 Å². The summed E-state index contributed by atoms with van der Waals surface area (Å²) in [7, 11) is 0. The molecule has 0 radical (unpaired) electrons. The fourth-order valence-corrected chi connectivity index (χ4v) is 5.94. The number of unbranched alkanes of at least 4 members (excludes halogenated alkanes) is 12. The first-order valence-electron chi connectivity index (χ1n) is 23.7. The average Bonchev–Trinajstić information content (AvgIpc) is 3.29. The summed E-state index contributed by atoms with van der Waals surface area (Å²) in [5, 5.41) is 24.9. The molecule has 19 nitrogen and oxygen atoms in total. The maximum absolute atomic E-state index is 11.2. The molecule has 1 rings (SSSR count). The summed E-state index contributed by atoms with van der Waals surface area (Å²) in [6, 6.07) is 3.44. The van der Waals surface area contributed by atoms with Gasteiger partial charge in [-0.2, -0.15) is 0 Å². The Kier molecular flexibility index (Phi) is 44.8. The van der Waals surface area contributed by atoms with Crippen molar-refractivity contribution in [2.24, 2.45) is 0 Å². The quantitative estimate of drug-likeness (QED) is 0.0389. The van der Waals surface area contributed by atoms with Gasteiger partial charge in [0.25, 0.3) is 11.4 Å². The lowest BCUT2D eigenvalue weighted by atomic mass is 10.0. The molecule has 0 amide bonds. The van der Waals surface area contributed by atoms with Gasteiger partial charge in [0.1, 0.15) is 5.69 Å². The molecular formula is C45H83N3O16. The van der Waals surface area contributed by atoms with Gasteiger partial charge in [-0.05, 0) is 12.5 Å². The van der Waals surface area contributed by atoms with E-state index in [1.165, 1.54) is 89.2 Å². The van der Waals surface area contributed by atoms with Crippen molar-refractivity contribution in [3.63, 3.8) is 0 Å². The minimum atomic E-state index is -0.679. The molecule has 0 aromatic heterocycles. The first kappa shape index (κ1) is 59.4. The Morgan fingerprint density at radius 2 is 0.656 bits per heavy atom. The number of anilines is 1. The molecule has 0 aliphatic heterocycles. The molecule has 0 atom stereocenters. The van der Waals surface area contributed by atoms with E-state index in [0.29, 0.717) is 145 Å². The van der Waals surface area contributed by atoms with Crippen LogP contribution in [-0.4, -0.2) is 175 Å². The van der Waals surface area contributed by atoms with E-state index >= 15 is 0 Å². The Balaban J connectivity index is 1.66. The molecule has 374 valence electrons. The van der Waals surface area contributed by atoms with Crippen LogP contribution in [0.5, 0.6) is 0 Å². The molecule has 1 aromatic rings. The molecule has 0 heterocycles. The summed E-state index contributed by atoms with van der Waals surface area (Å²) in [6.45, 7) is 14.2. The zero-order chi connectivity index (χ0) is 46.1. The van der Waals surface area contributed by atoms with E-state index in [9.17, 15) is 20.2 Å². The third-order valence-corrected chi connectivity index (χ3v) is 9.44. The topological polar surface area (TPSA) is 209 Å². The fourth-order valence-electron chi connectivity index (χ4n) is 5.94. The number of hydrogen-bond donors (Lipinski definition) is 1. The predicted molar refractivity (Wildman–Crippen MR) is 244 cm³/mol. The lowest BCUT2D eigenvalue weighted by molar-refractivity contribution is -0.393. The molecule has 64 heavy (non-hydrogen) atoms. The summed E-state index contributed by atoms with van der Waals surface area (Å²) >= 11 is 0. The summed E-state index contributed by atoms with van der Waals surface area (Å²) in [5.41, 5.74) is -0.524. The van der Waals surface area contributed by atoms with Crippen LogP contribution in [0.4, 0.5) is 17.1 Å². The molecule has 0 aliphatic carbocycles. The van der Waals surface area contributed by atoms with Crippen molar-refractivity contribution in [2.45, 2.75) is 90.4 Å². The highest BCUT2D eigenvalue weighted by atomic mass is 16.6. The molecule has 0 unspecified atom stereocenters. The van der Waals surface area contributed by atoms with Gasteiger partial charge in [0, 0.05) is 19.2 Å². The van der Waals surface area contributed by atoms with Gasteiger partial charge >= 0.3 is 0 Å². The third kappa shape index (κ3) is 40.8. The van der Waals surface area contributed by atoms with Crippen LogP contribution >= 0.6 is 0 Å². The van der Waals surface area contributed by atoms with Gasteiger partial charge in [-0.1, -0.05) is 84.0 Å². The number of nitrogens with one attached hydrogen (secondary N) is 1. The second-order valence-electron chi connectivity index (χ2n) is 14.7. The maximum Gasteiger partial charge on any atom is 0.299 e. The first-order chi connectivity index (χ1) is 31.6. The lowest BCUT2D eigenvalue weighted by Gasteiger charge is -2.09. The molecule has 0 aliphatic rings. The number of non-ortho nitro benzene ring substituents is 1. The maximum atomic E-state index is 11.2. The number of nitrogens with zero attached hydrogens (tertiary/aromatic N) is 2. The van der Waals surface area contributed by atoms with Crippen LogP contribution in [0.2, 0.25) is 0 Å². The van der Waals surface area contributed by atoms with Crippen molar-refractivity contribution >= 4 is 17.1 Å². The van der Waals surface area contributed by atoms with Gasteiger partial charge in [0.2, 0.25) is 0 Å². The van der Waals surface area contributed by atoms with Crippen LogP contribution in [-0.2, 0) is 56.8 Å². The smallest absolute Gasteiger partial charge is 0.299 e. The summed E-state index contributed by atoms with van der Waals surface area (Å²) < 4.78 is 66.2. The summed E-state index contributed by atoms with van der Waals surface area (Å²) in [4.78, 5) is 20.7. The van der Waals surface area contributed by atoms with E-state index in [1.54, 1.807) is 0 Å². The van der Waals surface area contributed by atoms with Crippen LogP contribution in [0.15, 0.2) is 18.2 Å². The Morgan fingerprint density at radius 1 is 0.375 bits per heavy atom. The monoisotopic (exact) mass is 922 g/mol. The van der Waals surface area contributed by atoms with Gasteiger partial charge in [-0.15, -0.1) is 0 Å². The highest BCUT2D eigenvalue weighted by molar-refractivity contribution is 5.65. The molecule has 0 bridgehead atoms. The summed E-state index contributed by atoms with van der Waals surface area (Å²) in [6.07, 6.45) is 17.7. The van der Waals surface area contributed by atoms with Gasteiger partial charge in [0.05, 0.1) is 168 Å². The van der Waals surface area contributed by atoms with E-state index < -0.39 is 9.85 Å². The standard InChI is InChI=1S/C45H83N3O16/c1-2-3-4-5-6-7-8-9-10-11-12-13-14-18-53-20-22-55-24-26-57-28-30-59-32-34-61-36-38-63-40-41-64-39-37-62-35-33-60-31-29-58-27-25-56-23-21-54-19-17-46-44-16-15-43(47(49)50)42-45(44)48(51)52/h15-16,42,46H,2-14,17-41H2,1H3. The van der Waals surface area contributed by atoms with E-state index in [0.717, 1.165) is 19.1 Å². The number of ether oxygens (including phenoxy) is 12. The van der Waals surface area contributed by atoms with Crippen molar-refractivity contribution in [1.29, 1.82) is 0 Å². The van der Waals surface area contributed by atoms with E-state index in [1.807, 2.05) is 0 Å². The van der Waals surface area contributed by atoms with Gasteiger partial charge in [-0.3, -0.25) is 20.2 Å². The van der Waals surface area contributed by atoms with Gasteiger partial charge in [-0.25, -0.2) is 0 Å². The average molecular weight is 922 g/mol. The fraction of sp³-hybridized carbons (Fsp3) is 0.867.